The van der Waals surface area contributed by atoms with E-state index in [9.17, 15) is 9.59 Å². The van der Waals surface area contributed by atoms with Gasteiger partial charge in [-0.15, -0.1) is 6.58 Å². The standard InChI is InChI=1S/C15H17NO2/c1-3-13-9-15(13,11(2)17)14(18)16-10-12-7-5-4-6-8-12/h3-8,13H,1,9-10H2,2H3,(H,16,18). The first kappa shape index (κ1) is 12.6. The lowest BCUT2D eigenvalue weighted by Gasteiger charge is -2.13. The Labute approximate surface area is 107 Å². The predicted octanol–water partition coefficient (Wildman–Crippen LogP) is 2.08. The topological polar surface area (TPSA) is 46.2 Å². The van der Waals surface area contributed by atoms with Crippen molar-refractivity contribution in [2.75, 3.05) is 0 Å². The lowest BCUT2D eigenvalue weighted by atomic mass is 9.97. The summed E-state index contributed by atoms with van der Waals surface area (Å²) in [5.41, 5.74) is 0.177. The lowest BCUT2D eigenvalue weighted by Crippen LogP contribution is -2.37. The predicted molar refractivity (Wildman–Crippen MR) is 69.7 cm³/mol. The fourth-order valence-electron chi connectivity index (χ4n) is 2.33. The van der Waals surface area contributed by atoms with E-state index < -0.39 is 5.41 Å². The van der Waals surface area contributed by atoms with Crippen LogP contribution in [-0.2, 0) is 16.1 Å². The summed E-state index contributed by atoms with van der Waals surface area (Å²) in [5, 5.41) is 2.84. The average Bonchev–Trinajstić information content (AvgIpc) is 3.13. The summed E-state index contributed by atoms with van der Waals surface area (Å²) in [6.07, 6.45) is 2.29. The second-order valence-electron chi connectivity index (χ2n) is 4.74. The summed E-state index contributed by atoms with van der Waals surface area (Å²) in [6, 6.07) is 9.66. The monoisotopic (exact) mass is 243 g/mol. The Hall–Kier alpha value is -1.90. The minimum absolute atomic E-state index is 0.00854. The van der Waals surface area contributed by atoms with Crippen LogP contribution in [-0.4, -0.2) is 11.7 Å². The van der Waals surface area contributed by atoms with Gasteiger partial charge in [0, 0.05) is 6.54 Å². The zero-order valence-corrected chi connectivity index (χ0v) is 10.5. The first-order valence-corrected chi connectivity index (χ1v) is 6.07. The van der Waals surface area contributed by atoms with Crippen molar-refractivity contribution in [3.05, 3.63) is 48.6 Å². The number of nitrogens with one attached hydrogen (secondary N) is 1. The quantitative estimate of drug-likeness (QED) is 0.635. The van der Waals surface area contributed by atoms with Crippen LogP contribution in [0.2, 0.25) is 0 Å². The third-order valence-corrected chi connectivity index (χ3v) is 3.63. The third-order valence-electron chi connectivity index (χ3n) is 3.63. The smallest absolute Gasteiger partial charge is 0.234 e. The van der Waals surface area contributed by atoms with Gasteiger partial charge in [0.25, 0.3) is 0 Å². The first-order chi connectivity index (χ1) is 8.61. The maximum atomic E-state index is 12.1. The molecule has 0 heterocycles. The molecule has 1 aliphatic rings. The van der Waals surface area contributed by atoms with Gasteiger partial charge in [-0.05, 0) is 24.8 Å². The van der Waals surface area contributed by atoms with Crippen LogP contribution in [0.5, 0.6) is 0 Å². The van der Waals surface area contributed by atoms with Crippen LogP contribution in [0.3, 0.4) is 0 Å². The molecule has 1 aromatic rings. The van der Waals surface area contributed by atoms with Gasteiger partial charge < -0.3 is 5.32 Å². The highest BCUT2D eigenvalue weighted by atomic mass is 16.2. The van der Waals surface area contributed by atoms with Gasteiger partial charge in [0.1, 0.15) is 11.2 Å². The van der Waals surface area contributed by atoms with Crippen molar-refractivity contribution in [2.45, 2.75) is 19.9 Å². The van der Waals surface area contributed by atoms with Crippen LogP contribution >= 0.6 is 0 Å². The number of amides is 1. The van der Waals surface area contributed by atoms with Gasteiger partial charge in [-0.3, -0.25) is 9.59 Å². The van der Waals surface area contributed by atoms with E-state index in [2.05, 4.69) is 11.9 Å². The molecule has 18 heavy (non-hydrogen) atoms. The molecule has 2 rings (SSSR count). The Morgan fingerprint density at radius 1 is 1.44 bits per heavy atom. The number of carbonyl (C=O) groups is 2. The summed E-state index contributed by atoms with van der Waals surface area (Å²) in [4.78, 5) is 23.8. The van der Waals surface area contributed by atoms with E-state index in [0.717, 1.165) is 5.56 Å². The molecule has 2 atom stereocenters. The normalized spacial score (nSPS) is 25.3. The van der Waals surface area contributed by atoms with Crippen molar-refractivity contribution in [3.8, 4) is 0 Å². The van der Waals surface area contributed by atoms with E-state index in [0.29, 0.717) is 13.0 Å². The molecule has 0 radical (unpaired) electrons. The van der Waals surface area contributed by atoms with Gasteiger partial charge in [0.05, 0.1) is 0 Å². The van der Waals surface area contributed by atoms with Crippen molar-refractivity contribution < 1.29 is 9.59 Å². The molecule has 1 saturated carbocycles. The van der Waals surface area contributed by atoms with E-state index in [1.807, 2.05) is 30.3 Å². The Balaban J connectivity index is 2.00. The number of benzene rings is 1. The fraction of sp³-hybridized carbons (Fsp3) is 0.333. The van der Waals surface area contributed by atoms with Gasteiger partial charge in [0.15, 0.2) is 0 Å². The van der Waals surface area contributed by atoms with Gasteiger partial charge in [0.2, 0.25) is 5.91 Å². The molecule has 1 N–H and O–H groups in total. The van der Waals surface area contributed by atoms with E-state index in [4.69, 9.17) is 0 Å². The maximum absolute atomic E-state index is 12.1. The van der Waals surface area contributed by atoms with E-state index in [-0.39, 0.29) is 17.6 Å². The molecule has 0 aliphatic heterocycles. The highest BCUT2D eigenvalue weighted by molar-refractivity contribution is 6.08. The van der Waals surface area contributed by atoms with Crippen molar-refractivity contribution in [2.24, 2.45) is 11.3 Å². The van der Waals surface area contributed by atoms with Gasteiger partial charge in [-0.1, -0.05) is 36.4 Å². The van der Waals surface area contributed by atoms with Gasteiger partial charge in [-0.2, -0.15) is 0 Å². The number of rotatable bonds is 5. The third kappa shape index (κ3) is 2.08. The zero-order chi connectivity index (χ0) is 13.2. The second kappa shape index (κ2) is 4.77. The molecule has 0 aromatic heterocycles. The molecule has 0 bridgehead atoms. The Morgan fingerprint density at radius 3 is 2.61 bits per heavy atom. The molecular formula is C15H17NO2. The summed E-state index contributed by atoms with van der Waals surface area (Å²) in [7, 11) is 0. The van der Waals surface area contributed by atoms with Crippen molar-refractivity contribution in [1.82, 2.24) is 5.32 Å². The molecule has 1 fully saturated rings. The second-order valence-corrected chi connectivity index (χ2v) is 4.74. The molecule has 1 aromatic carbocycles. The van der Waals surface area contributed by atoms with Crippen LogP contribution in [0.4, 0.5) is 0 Å². The van der Waals surface area contributed by atoms with E-state index in [1.165, 1.54) is 6.92 Å². The van der Waals surface area contributed by atoms with Crippen LogP contribution < -0.4 is 5.32 Å². The van der Waals surface area contributed by atoms with Crippen molar-refractivity contribution >= 4 is 11.7 Å². The lowest BCUT2D eigenvalue weighted by molar-refractivity contribution is -0.135. The van der Waals surface area contributed by atoms with Crippen LogP contribution in [0.15, 0.2) is 43.0 Å². The molecular weight excluding hydrogens is 226 g/mol. The van der Waals surface area contributed by atoms with Gasteiger partial charge in [-0.25, -0.2) is 0 Å². The minimum atomic E-state index is -0.851. The highest BCUT2D eigenvalue weighted by Crippen LogP contribution is 2.54. The molecule has 2 unspecified atom stereocenters. The molecule has 94 valence electrons. The summed E-state index contributed by atoms with van der Waals surface area (Å²) in [5.74, 6) is -0.257. The summed E-state index contributed by atoms with van der Waals surface area (Å²) >= 11 is 0. The first-order valence-electron chi connectivity index (χ1n) is 6.07. The number of hydrogen-bond acceptors (Lipinski definition) is 2. The van der Waals surface area contributed by atoms with E-state index in [1.54, 1.807) is 6.08 Å². The van der Waals surface area contributed by atoms with Crippen LogP contribution in [0.1, 0.15) is 18.9 Å². The largest absolute Gasteiger partial charge is 0.351 e. The molecule has 1 amide bonds. The Kier molecular flexibility index (Phi) is 3.32. The SMILES string of the molecule is C=CC1CC1(C(C)=O)C(=O)NCc1ccccc1. The Bertz CT molecular complexity index is 481. The number of Topliss-reactive ketones (excluding diaryl/α,β-unsaturated/α-hetero) is 1. The van der Waals surface area contributed by atoms with Crippen LogP contribution in [0, 0.1) is 11.3 Å². The molecule has 3 nitrogen and oxygen atoms in total. The van der Waals surface area contributed by atoms with Crippen LogP contribution in [0.25, 0.3) is 0 Å². The van der Waals surface area contributed by atoms with Gasteiger partial charge >= 0.3 is 0 Å². The summed E-state index contributed by atoms with van der Waals surface area (Å²) < 4.78 is 0. The Morgan fingerprint density at radius 2 is 2.11 bits per heavy atom. The number of hydrogen-bond donors (Lipinski definition) is 1. The van der Waals surface area contributed by atoms with Crippen molar-refractivity contribution in [3.63, 3.8) is 0 Å². The number of allylic oxidation sites excluding steroid dienone is 1. The summed E-state index contributed by atoms with van der Waals surface area (Å²) in [6.45, 7) is 5.60. The molecule has 3 heteroatoms. The minimum Gasteiger partial charge on any atom is -0.351 e. The average molecular weight is 243 g/mol. The molecule has 1 aliphatic carbocycles. The number of ketones is 1. The number of carbonyl (C=O) groups excluding carboxylic acids is 2. The zero-order valence-electron chi connectivity index (χ0n) is 10.5. The molecule has 0 saturated heterocycles. The highest BCUT2D eigenvalue weighted by Gasteiger charge is 2.62. The van der Waals surface area contributed by atoms with Crippen molar-refractivity contribution in [1.29, 1.82) is 0 Å². The fourth-order valence-corrected chi connectivity index (χ4v) is 2.33. The van der Waals surface area contributed by atoms with E-state index >= 15 is 0 Å². The molecule has 0 spiro atoms. The maximum Gasteiger partial charge on any atom is 0.234 e.